The van der Waals surface area contributed by atoms with Gasteiger partial charge in [-0.25, -0.2) is 13.2 Å². The number of hydrogen-bond acceptors (Lipinski definition) is 7. The summed E-state index contributed by atoms with van der Waals surface area (Å²) >= 11 is 0. The molecule has 0 saturated heterocycles. The molecule has 28 heavy (non-hydrogen) atoms. The quantitative estimate of drug-likeness (QED) is 0.295. The highest BCUT2D eigenvalue weighted by atomic mass is 32.2. The highest BCUT2D eigenvalue weighted by Gasteiger charge is 2.61. The molecule has 1 atom stereocenters. The van der Waals surface area contributed by atoms with Crippen molar-refractivity contribution in [1.82, 2.24) is 0 Å². The second kappa shape index (κ2) is 8.93. The van der Waals surface area contributed by atoms with Crippen LogP contribution >= 0.6 is 0 Å². The van der Waals surface area contributed by atoms with Gasteiger partial charge in [0.1, 0.15) is 0 Å². The van der Waals surface area contributed by atoms with E-state index in [4.69, 9.17) is 9.47 Å². The second-order valence-corrected chi connectivity index (χ2v) is 8.30. The minimum absolute atomic E-state index is 0.0991. The van der Waals surface area contributed by atoms with Gasteiger partial charge in [0.25, 0.3) is 0 Å². The van der Waals surface area contributed by atoms with Crippen LogP contribution in [0.25, 0.3) is 0 Å². The Bertz CT molecular complexity index is 674. The minimum Gasteiger partial charge on any atom is -0.743 e. The van der Waals surface area contributed by atoms with E-state index in [0.29, 0.717) is 12.8 Å². The van der Waals surface area contributed by atoms with E-state index in [9.17, 15) is 40.1 Å². The molecule has 1 aliphatic carbocycles. The second-order valence-electron chi connectivity index (χ2n) is 6.88. The van der Waals surface area contributed by atoms with Gasteiger partial charge in [0.15, 0.2) is 10.1 Å². The summed E-state index contributed by atoms with van der Waals surface area (Å²) in [4.78, 5) is 24.3. The number of rotatable bonds is 10. The highest BCUT2D eigenvalue weighted by molar-refractivity contribution is 7.86. The maximum Gasteiger partial charge on any atom is 0.396 e. The molecular weight excluding hydrogens is 412 g/mol. The van der Waals surface area contributed by atoms with Gasteiger partial charge in [0.05, 0.1) is 12.5 Å². The summed E-state index contributed by atoms with van der Waals surface area (Å²) in [6.45, 7) is 2.47. The standard InChI is InChI=1S/C16H24F4O7S/c1-3-26-13(22)14(2,27-12(21)11-7-4-5-8-11)9-6-10-15(17,18)16(19,20)28(23,24)25/h11H,3-10H2,1-2H3,(H,23,24,25)/p-1. The van der Waals surface area contributed by atoms with E-state index in [0.717, 1.165) is 19.8 Å². The smallest absolute Gasteiger partial charge is 0.396 e. The van der Waals surface area contributed by atoms with Crippen LogP contribution in [0.2, 0.25) is 0 Å². The van der Waals surface area contributed by atoms with E-state index in [1.807, 2.05) is 0 Å². The SMILES string of the molecule is CCOC(=O)C(C)(CCCC(F)(F)C(F)(F)S(=O)(=O)[O-])OC(=O)C1CCCC1. The average molecular weight is 435 g/mol. The topological polar surface area (TPSA) is 110 Å². The molecule has 0 aromatic carbocycles. The Morgan fingerprint density at radius 2 is 1.64 bits per heavy atom. The summed E-state index contributed by atoms with van der Waals surface area (Å²) in [6, 6.07) is 0. The zero-order chi connectivity index (χ0) is 21.8. The number of alkyl halides is 4. The van der Waals surface area contributed by atoms with E-state index in [1.54, 1.807) is 0 Å². The van der Waals surface area contributed by atoms with Gasteiger partial charge >= 0.3 is 23.1 Å². The van der Waals surface area contributed by atoms with Crippen LogP contribution < -0.4 is 0 Å². The normalized spacial score (nSPS) is 18.5. The van der Waals surface area contributed by atoms with Crippen molar-refractivity contribution in [2.45, 2.75) is 75.6 Å². The summed E-state index contributed by atoms with van der Waals surface area (Å²) in [5, 5.41) is -5.80. The number of carbonyl (C=O) groups is 2. The fraction of sp³-hybridized carbons (Fsp3) is 0.875. The highest BCUT2D eigenvalue weighted by Crippen LogP contribution is 2.42. The number of carbonyl (C=O) groups excluding carboxylic acids is 2. The van der Waals surface area contributed by atoms with E-state index in [2.05, 4.69) is 0 Å². The van der Waals surface area contributed by atoms with E-state index in [-0.39, 0.29) is 6.61 Å². The molecule has 1 aliphatic rings. The van der Waals surface area contributed by atoms with Crippen LogP contribution in [-0.2, 0) is 29.2 Å². The Kier molecular flexibility index (Phi) is 7.85. The molecule has 0 N–H and O–H groups in total. The molecule has 1 fully saturated rings. The first kappa shape index (κ1) is 24.6. The molecule has 1 rings (SSSR count). The van der Waals surface area contributed by atoms with E-state index in [1.165, 1.54) is 6.92 Å². The molecule has 0 amide bonds. The van der Waals surface area contributed by atoms with Crippen LogP contribution in [0.5, 0.6) is 0 Å². The van der Waals surface area contributed by atoms with Crippen LogP contribution in [0, 0.1) is 5.92 Å². The van der Waals surface area contributed by atoms with Gasteiger partial charge in [-0.1, -0.05) is 12.8 Å². The third kappa shape index (κ3) is 5.56. The Hall–Kier alpha value is -1.43. The Balaban J connectivity index is 2.87. The summed E-state index contributed by atoms with van der Waals surface area (Å²) in [5.41, 5.74) is -2.00. The Labute approximate surface area is 160 Å². The first-order valence-electron chi connectivity index (χ1n) is 8.79. The molecule has 7 nitrogen and oxygen atoms in total. The summed E-state index contributed by atoms with van der Waals surface area (Å²) in [7, 11) is -6.59. The fourth-order valence-electron chi connectivity index (χ4n) is 2.92. The minimum atomic E-state index is -6.59. The van der Waals surface area contributed by atoms with Crippen LogP contribution in [-0.4, -0.2) is 48.3 Å². The zero-order valence-electron chi connectivity index (χ0n) is 15.5. The largest absolute Gasteiger partial charge is 0.743 e. The fourth-order valence-corrected chi connectivity index (χ4v) is 3.39. The van der Waals surface area contributed by atoms with Crippen LogP contribution in [0.4, 0.5) is 17.6 Å². The molecule has 0 aliphatic heterocycles. The lowest BCUT2D eigenvalue weighted by Gasteiger charge is -2.31. The van der Waals surface area contributed by atoms with Crippen molar-refractivity contribution in [3.8, 4) is 0 Å². The molecule has 1 unspecified atom stereocenters. The predicted octanol–water partition coefficient (Wildman–Crippen LogP) is 2.99. The van der Waals surface area contributed by atoms with Crippen molar-refractivity contribution in [2.24, 2.45) is 5.92 Å². The zero-order valence-corrected chi connectivity index (χ0v) is 16.3. The first-order valence-corrected chi connectivity index (χ1v) is 10.2. The molecule has 0 heterocycles. The molecule has 0 aromatic heterocycles. The number of hydrogen-bond donors (Lipinski definition) is 0. The van der Waals surface area contributed by atoms with Gasteiger partial charge in [-0.3, -0.25) is 4.79 Å². The van der Waals surface area contributed by atoms with Crippen LogP contribution in [0.3, 0.4) is 0 Å². The van der Waals surface area contributed by atoms with Crippen molar-refractivity contribution in [3.05, 3.63) is 0 Å². The Morgan fingerprint density at radius 3 is 2.11 bits per heavy atom. The molecule has 164 valence electrons. The first-order chi connectivity index (χ1) is 12.7. The van der Waals surface area contributed by atoms with E-state index < -0.39 is 64.0 Å². The van der Waals surface area contributed by atoms with Gasteiger partial charge in [-0.2, -0.15) is 17.6 Å². The Morgan fingerprint density at radius 1 is 1.11 bits per heavy atom. The van der Waals surface area contributed by atoms with Crippen LogP contribution in [0.15, 0.2) is 0 Å². The number of halogens is 4. The van der Waals surface area contributed by atoms with Gasteiger partial charge in [-0.05, 0) is 39.5 Å². The van der Waals surface area contributed by atoms with Crippen molar-refractivity contribution < 1.29 is 49.6 Å². The van der Waals surface area contributed by atoms with Crippen LogP contribution in [0.1, 0.15) is 58.8 Å². The summed E-state index contributed by atoms with van der Waals surface area (Å²) in [5.74, 6) is -7.36. The summed E-state index contributed by atoms with van der Waals surface area (Å²) < 4.78 is 94.7. The predicted molar refractivity (Wildman–Crippen MR) is 86.5 cm³/mol. The molecular formula is C16H23F4O7S-. The monoisotopic (exact) mass is 435 g/mol. The molecule has 0 radical (unpaired) electrons. The number of ether oxygens (including phenoxy) is 2. The van der Waals surface area contributed by atoms with Gasteiger partial charge in [0, 0.05) is 6.42 Å². The van der Waals surface area contributed by atoms with Crippen molar-refractivity contribution >= 4 is 22.1 Å². The van der Waals surface area contributed by atoms with Crippen molar-refractivity contribution in [2.75, 3.05) is 6.61 Å². The lowest BCUT2D eigenvalue weighted by atomic mass is 9.96. The maximum atomic E-state index is 13.6. The summed E-state index contributed by atoms with van der Waals surface area (Å²) in [6.07, 6.45) is -0.480. The van der Waals surface area contributed by atoms with E-state index >= 15 is 0 Å². The van der Waals surface area contributed by atoms with Crippen molar-refractivity contribution in [1.29, 1.82) is 0 Å². The third-order valence-corrected chi connectivity index (χ3v) is 5.53. The van der Waals surface area contributed by atoms with Crippen molar-refractivity contribution in [3.63, 3.8) is 0 Å². The average Bonchev–Trinajstić information content (AvgIpc) is 3.08. The maximum absolute atomic E-state index is 13.6. The lowest BCUT2D eigenvalue weighted by molar-refractivity contribution is -0.186. The molecule has 0 aromatic rings. The number of esters is 2. The van der Waals surface area contributed by atoms with Gasteiger partial charge < -0.3 is 14.0 Å². The third-order valence-electron chi connectivity index (χ3n) is 4.61. The molecule has 0 spiro atoms. The molecule has 0 bridgehead atoms. The van der Waals surface area contributed by atoms with Gasteiger partial charge in [-0.15, -0.1) is 0 Å². The van der Waals surface area contributed by atoms with Gasteiger partial charge in [0.2, 0.25) is 5.60 Å². The lowest BCUT2D eigenvalue weighted by Crippen LogP contribution is -2.47. The molecule has 12 heteroatoms. The molecule has 1 saturated carbocycles.